The van der Waals surface area contributed by atoms with Gasteiger partial charge in [0.15, 0.2) is 16.7 Å². The average Bonchev–Trinajstić information content (AvgIpc) is 3.22. The van der Waals surface area contributed by atoms with Crippen molar-refractivity contribution in [2.75, 3.05) is 18.6 Å². The van der Waals surface area contributed by atoms with Crippen molar-refractivity contribution in [3.05, 3.63) is 89.0 Å². The Balaban J connectivity index is 1.61. The van der Waals surface area contributed by atoms with Crippen LogP contribution in [0.2, 0.25) is 0 Å². The molecule has 4 aromatic rings. The number of hydrogen-bond acceptors (Lipinski definition) is 5. The van der Waals surface area contributed by atoms with Gasteiger partial charge in [0.2, 0.25) is 0 Å². The second-order valence-electron chi connectivity index (χ2n) is 7.23. The van der Waals surface area contributed by atoms with Crippen LogP contribution < -0.4 is 9.64 Å². The number of hydrogen-bond donors (Lipinski definition) is 1. The molecule has 3 aromatic carbocycles. The van der Waals surface area contributed by atoms with Crippen LogP contribution in [0.5, 0.6) is 5.75 Å². The molecule has 164 valence electrons. The Hall–Kier alpha value is -3.52. The molecular weight excluding hydrogens is 434 g/mol. The third-order valence-electron chi connectivity index (χ3n) is 5.09. The zero-order chi connectivity index (χ0) is 22.7. The van der Waals surface area contributed by atoms with E-state index in [1.54, 1.807) is 48.5 Å². The number of carboxylic acid groups (broad SMARTS) is 1. The van der Waals surface area contributed by atoms with Gasteiger partial charge in [0.25, 0.3) is 0 Å². The summed E-state index contributed by atoms with van der Waals surface area (Å²) in [5, 5.41) is 9.76. The van der Waals surface area contributed by atoms with Crippen molar-refractivity contribution in [2.45, 2.75) is 13.0 Å². The van der Waals surface area contributed by atoms with E-state index in [1.165, 1.54) is 30.6 Å². The summed E-state index contributed by atoms with van der Waals surface area (Å²) in [7, 11) is 1.42. The number of halogens is 2. The van der Waals surface area contributed by atoms with E-state index in [2.05, 4.69) is 4.98 Å². The van der Waals surface area contributed by atoms with Gasteiger partial charge >= 0.3 is 5.97 Å². The first kappa shape index (κ1) is 21.7. The summed E-state index contributed by atoms with van der Waals surface area (Å²) < 4.78 is 33.8. The summed E-state index contributed by atoms with van der Waals surface area (Å²) in [4.78, 5) is 17.7. The number of anilines is 1. The van der Waals surface area contributed by atoms with Crippen LogP contribution in [0.4, 0.5) is 13.9 Å². The summed E-state index contributed by atoms with van der Waals surface area (Å²) in [5.74, 6) is -1.56. The molecule has 5 nitrogen and oxygen atoms in total. The van der Waals surface area contributed by atoms with Crippen molar-refractivity contribution in [2.24, 2.45) is 0 Å². The standard InChI is InChI=1S/C24H20F2N2O3S/c1-31-21-10-7-15(13-19(21)26)11-12-28(14-16-5-8-17(9-6-16)23(29)30)24-27-20-4-2-3-18(25)22(20)32-24/h2-10,13H,11-12,14H2,1H3,(H,29,30). The number of benzene rings is 3. The van der Waals surface area contributed by atoms with Gasteiger partial charge in [0.1, 0.15) is 5.82 Å². The van der Waals surface area contributed by atoms with Crippen LogP contribution in [0.15, 0.2) is 60.7 Å². The number of nitrogens with zero attached hydrogens (tertiary/aromatic N) is 2. The quantitative estimate of drug-likeness (QED) is 0.379. The van der Waals surface area contributed by atoms with Gasteiger partial charge in [0, 0.05) is 13.1 Å². The maximum Gasteiger partial charge on any atom is 0.335 e. The maximum absolute atomic E-state index is 14.2. The Morgan fingerprint density at radius 3 is 2.47 bits per heavy atom. The molecule has 4 rings (SSSR count). The molecule has 8 heteroatoms. The van der Waals surface area contributed by atoms with Gasteiger partial charge < -0.3 is 14.7 Å². The molecule has 0 saturated carbocycles. The number of ether oxygens (including phenoxy) is 1. The predicted octanol–water partition coefficient (Wildman–Crippen LogP) is 5.53. The number of thiazole rings is 1. The van der Waals surface area contributed by atoms with Crippen molar-refractivity contribution in [1.82, 2.24) is 4.98 Å². The summed E-state index contributed by atoms with van der Waals surface area (Å²) in [6.45, 7) is 0.952. The van der Waals surface area contributed by atoms with Crippen LogP contribution in [0.3, 0.4) is 0 Å². The second-order valence-corrected chi connectivity index (χ2v) is 8.20. The molecule has 0 bridgehead atoms. The molecule has 0 saturated heterocycles. The molecule has 0 aliphatic rings. The molecule has 0 unspecified atom stereocenters. The van der Waals surface area contributed by atoms with E-state index in [-0.39, 0.29) is 17.1 Å². The van der Waals surface area contributed by atoms with E-state index >= 15 is 0 Å². The van der Waals surface area contributed by atoms with E-state index in [9.17, 15) is 13.6 Å². The van der Waals surface area contributed by atoms with E-state index in [0.717, 1.165) is 11.1 Å². The highest BCUT2D eigenvalue weighted by Crippen LogP contribution is 2.32. The summed E-state index contributed by atoms with van der Waals surface area (Å²) in [6, 6.07) is 16.2. The van der Waals surface area contributed by atoms with Crippen molar-refractivity contribution >= 4 is 32.7 Å². The molecule has 0 spiro atoms. The molecule has 0 aliphatic heterocycles. The lowest BCUT2D eigenvalue weighted by atomic mass is 10.1. The fraction of sp³-hybridized carbons (Fsp3) is 0.167. The van der Waals surface area contributed by atoms with E-state index in [4.69, 9.17) is 9.84 Å². The third-order valence-corrected chi connectivity index (χ3v) is 6.23. The van der Waals surface area contributed by atoms with Gasteiger partial charge in [0.05, 0.1) is 22.9 Å². The SMILES string of the molecule is COc1ccc(CCN(Cc2ccc(C(=O)O)cc2)c2nc3cccc(F)c3s2)cc1F. The predicted molar refractivity (Wildman–Crippen MR) is 121 cm³/mol. The number of aromatic nitrogens is 1. The monoisotopic (exact) mass is 454 g/mol. The normalized spacial score (nSPS) is 11.0. The summed E-state index contributed by atoms with van der Waals surface area (Å²) in [5.41, 5.74) is 2.46. The molecule has 0 fully saturated rings. The molecule has 0 atom stereocenters. The topological polar surface area (TPSA) is 62.7 Å². The highest BCUT2D eigenvalue weighted by atomic mass is 32.1. The minimum Gasteiger partial charge on any atom is -0.494 e. The molecule has 0 amide bonds. The minimum atomic E-state index is -0.989. The third kappa shape index (κ3) is 4.70. The maximum atomic E-state index is 14.2. The van der Waals surface area contributed by atoms with E-state index in [0.29, 0.717) is 34.9 Å². The Morgan fingerprint density at radius 2 is 1.81 bits per heavy atom. The number of fused-ring (bicyclic) bond motifs is 1. The van der Waals surface area contributed by atoms with Crippen LogP contribution in [0.1, 0.15) is 21.5 Å². The second kappa shape index (κ2) is 9.32. The van der Waals surface area contributed by atoms with Crippen molar-refractivity contribution in [1.29, 1.82) is 0 Å². The lowest BCUT2D eigenvalue weighted by Crippen LogP contribution is -2.25. The number of carboxylic acids is 1. The summed E-state index contributed by atoms with van der Waals surface area (Å²) >= 11 is 1.26. The Bertz CT molecular complexity index is 1260. The van der Waals surface area contributed by atoms with Crippen LogP contribution >= 0.6 is 11.3 Å². The number of carbonyl (C=O) groups is 1. The van der Waals surface area contributed by atoms with Gasteiger partial charge in [-0.3, -0.25) is 0 Å². The van der Waals surface area contributed by atoms with E-state index < -0.39 is 11.8 Å². The lowest BCUT2D eigenvalue weighted by molar-refractivity contribution is 0.0697. The highest BCUT2D eigenvalue weighted by Gasteiger charge is 2.16. The van der Waals surface area contributed by atoms with Crippen LogP contribution in [-0.2, 0) is 13.0 Å². The van der Waals surface area contributed by atoms with Gasteiger partial charge in [-0.15, -0.1) is 0 Å². The van der Waals surface area contributed by atoms with Crippen molar-refractivity contribution < 1.29 is 23.4 Å². The first-order valence-electron chi connectivity index (χ1n) is 9.89. The highest BCUT2D eigenvalue weighted by molar-refractivity contribution is 7.22. The van der Waals surface area contributed by atoms with Gasteiger partial charge in [-0.25, -0.2) is 18.6 Å². The van der Waals surface area contributed by atoms with E-state index in [1.807, 2.05) is 4.90 Å². The summed E-state index contributed by atoms with van der Waals surface area (Å²) in [6.07, 6.45) is 0.534. The van der Waals surface area contributed by atoms with Crippen molar-refractivity contribution in [3.63, 3.8) is 0 Å². The lowest BCUT2D eigenvalue weighted by Gasteiger charge is -2.22. The molecule has 0 radical (unpaired) electrons. The minimum absolute atomic E-state index is 0.186. The van der Waals surface area contributed by atoms with Crippen LogP contribution in [0, 0.1) is 11.6 Å². The fourth-order valence-electron chi connectivity index (χ4n) is 3.38. The number of methoxy groups -OCH3 is 1. The Morgan fingerprint density at radius 1 is 1.06 bits per heavy atom. The Labute approximate surface area is 187 Å². The van der Waals surface area contributed by atoms with Crippen LogP contribution in [-0.4, -0.2) is 29.7 Å². The number of aromatic carboxylic acids is 1. The average molecular weight is 454 g/mol. The smallest absolute Gasteiger partial charge is 0.335 e. The molecule has 32 heavy (non-hydrogen) atoms. The first-order valence-corrected chi connectivity index (χ1v) is 10.7. The first-order chi connectivity index (χ1) is 15.4. The zero-order valence-electron chi connectivity index (χ0n) is 17.2. The van der Waals surface area contributed by atoms with Gasteiger partial charge in [-0.05, 0) is 53.9 Å². The largest absolute Gasteiger partial charge is 0.494 e. The molecular formula is C24H20F2N2O3S. The zero-order valence-corrected chi connectivity index (χ0v) is 18.0. The molecule has 0 aliphatic carbocycles. The van der Waals surface area contributed by atoms with Gasteiger partial charge in [-0.2, -0.15) is 0 Å². The van der Waals surface area contributed by atoms with Crippen molar-refractivity contribution in [3.8, 4) is 5.75 Å². The number of rotatable bonds is 8. The fourth-order valence-corrected chi connectivity index (χ4v) is 4.38. The molecule has 1 N–H and O–H groups in total. The Kier molecular flexibility index (Phi) is 6.32. The molecule has 1 heterocycles. The van der Waals surface area contributed by atoms with Gasteiger partial charge in [-0.1, -0.05) is 35.6 Å². The van der Waals surface area contributed by atoms with Crippen LogP contribution in [0.25, 0.3) is 10.2 Å². The molecule has 1 aromatic heterocycles.